The van der Waals surface area contributed by atoms with Crippen molar-refractivity contribution in [1.29, 1.82) is 0 Å². The fraction of sp³-hybridized carbons (Fsp3) is 0.455. The Kier molecular flexibility index (Phi) is 8.42. The van der Waals surface area contributed by atoms with E-state index < -0.39 is 0 Å². The highest BCUT2D eigenvalue weighted by Gasteiger charge is 2.22. The van der Waals surface area contributed by atoms with E-state index in [2.05, 4.69) is 0 Å². The Balaban J connectivity index is 2.17. The zero-order valence-corrected chi connectivity index (χ0v) is 17.0. The Labute approximate surface area is 166 Å². The van der Waals surface area contributed by atoms with Crippen LogP contribution in [0.25, 0.3) is 0 Å². The minimum Gasteiger partial charge on any atom is -0.493 e. The highest BCUT2D eigenvalue weighted by atomic mass is 16.5. The number of hydrogen-bond donors (Lipinski definition) is 2. The molecule has 2 rings (SSSR count). The van der Waals surface area contributed by atoms with Crippen molar-refractivity contribution >= 4 is 0 Å². The maximum Gasteiger partial charge on any atom is 0.160 e. The Bertz CT molecular complexity index is 682. The summed E-state index contributed by atoms with van der Waals surface area (Å²) in [7, 11) is 6.38. The van der Waals surface area contributed by atoms with Crippen molar-refractivity contribution in [3.63, 3.8) is 0 Å². The van der Waals surface area contributed by atoms with Crippen molar-refractivity contribution in [2.75, 3.05) is 41.7 Å². The lowest BCUT2D eigenvalue weighted by Gasteiger charge is -2.25. The molecule has 0 aromatic heterocycles. The molecule has 6 heteroatoms. The molecule has 2 N–H and O–H groups in total. The first-order valence-corrected chi connectivity index (χ1v) is 9.23. The molecule has 0 aliphatic rings. The van der Waals surface area contributed by atoms with E-state index in [0.717, 1.165) is 11.1 Å². The zero-order chi connectivity index (χ0) is 20.5. The molecular weight excluding hydrogens is 360 g/mol. The molecule has 2 aromatic rings. The highest BCUT2D eigenvalue weighted by Crippen LogP contribution is 2.32. The molecule has 0 unspecified atom stereocenters. The van der Waals surface area contributed by atoms with E-state index in [1.165, 1.54) is 0 Å². The third kappa shape index (κ3) is 5.30. The predicted molar refractivity (Wildman–Crippen MR) is 108 cm³/mol. The second-order valence-electron chi connectivity index (χ2n) is 6.67. The monoisotopic (exact) mass is 390 g/mol. The summed E-state index contributed by atoms with van der Waals surface area (Å²) in [5.74, 6) is 2.42. The van der Waals surface area contributed by atoms with Crippen LogP contribution in [0.4, 0.5) is 0 Å². The average Bonchev–Trinajstić information content (AvgIpc) is 2.75. The van der Waals surface area contributed by atoms with Crippen molar-refractivity contribution in [2.24, 2.45) is 11.8 Å². The second-order valence-corrected chi connectivity index (χ2v) is 6.67. The van der Waals surface area contributed by atoms with E-state index in [1.807, 2.05) is 36.4 Å². The van der Waals surface area contributed by atoms with Gasteiger partial charge in [0.1, 0.15) is 0 Å². The Morgan fingerprint density at radius 2 is 0.964 bits per heavy atom. The van der Waals surface area contributed by atoms with Gasteiger partial charge in [-0.05, 0) is 60.1 Å². The molecule has 0 bridgehead atoms. The van der Waals surface area contributed by atoms with Crippen LogP contribution in [0, 0.1) is 11.8 Å². The summed E-state index contributed by atoms with van der Waals surface area (Å²) in [6, 6.07) is 11.4. The van der Waals surface area contributed by atoms with Crippen LogP contribution in [0.3, 0.4) is 0 Å². The molecule has 0 fully saturated rings. The van der Waals surface area contributed by atoms with Crippen LogP contribution in [-0.4, -0.2) is 51.9 Å². The van der Waals surface area contributed by atoms with E-state index in [9.17, 15) is 10.2 Å². The molecule has 0 radical (unpaired) electrons. The Hall–Kier alpha value is -2.44. The molecular formula is C22H30O6. The zero-order valence-electron chi connectivity index (χ0n) is 17.0. The van der Waals surface area contributed by atoms with Gasteiger partial charge in [0.05, 0.1) is 28.4 Å². The van der Waals surface area contributed by atoms with E-state index in [-0.39, 0.29) is 25.0 Å². The fourth-order valence-electron chi connectivity index (χ4n) is 3.38. The van der Waals surface area contributed by atoms with Gasteiger partial charge < -0.3 is 29.2 Å². The number of rotatable bonds is 11. The van der Waals surface area contributed by atoms with Crippen LogP contribution in [0.15, 0.2) is 36.4 Å². The molecule has 6 nitrogen and oxygen atoms in total. The van der Waals surface area contributed by atoms with Gasteiger partial charge in [0.2, 0.25) is 0 Å². The number of hydrogen-bond acceptors (Lipinski definition) is 6. The maximum atomic E-state index is 9.97. The van der Waals surface area contributed by atoms with E-state index in [1.54, 1.807) is 28.4 Å². The molecule has 2 aromatic carbocycles. The van der Waals surface area contributed by atoms with Crippen molar-refractivity contribution in [3.8, 4) is 23.0 Å². The van der Waals surface area contributed by atoms with E-state index in [0.29, 0.717) is 35.8 Å². The van der Waals surface area contributed by atoms with Crippen molar-refractivity contribution in [2.45, 2.75) is 12.8 Å². The van der Waals surface area contributed by atoms with Crippen LogP contribution in [0.5, 0.6) is 23.0 Å². The number of ether oxygens (including phenoxy) is 4. The van der Waals surface area contributed by atoms with Gasteiger partial charge >= 0.3 is 0 Å². The Morgan fingerprint density at radius 1 is 0.607 bits per heavy atom. The van der Waals surface area contributed by atoms with Gasteiger partial charge in [-0.25, -0.2) is 0 Å². The average molecular weight is 390 g/mol. The number of methoxy groups -OCH3 is 4. The van der Waals surface area contributed by atoms with Gasteiger partial charge in [-0.3, -0.25) is 0 Å². The van der Waals surface area contributed by atoms with Crippen molar-refractivity contribution in [3.05, 3.63) is 47.5 Å². The van der Waals surface area contributed by atoms with Gasteiger partial charge in [-0.2, -0.15) is 0 Å². The molecule has 0 amide bonds. The molecule has 2 atom stereocenters. The highest BCUT2D eigenvalue weighted by molar-refractivity contribution is 5.44. The van der Waals surface area contributed by atoms with Crippen LogP contribution < -0.4 is 18.9 Å². The van der Waals surface area contributed by atoms with Crippen molar-refractivity contribution < 1.29 is 29.2 Å². The summed E-state index contributed by atoms with van der Waals surface area (Å²) < 4.78 is 21.3. The molecule has 0 heterocycles. The Morgan fingerprint density at radius 3 is 1.25 bits per heavy atom. The van der Waals surface area contributed by atoms with Gasteiger partial charge in [0, 0.05) is 13.2 Å². The summed E-state index contributed by atoms with van der Waals surface area (Å²) in [5, 5.41) is 19.9. The van der Waals surface area contributed by atoms with Crippen molar-refractivity contribution in [1.82, 2.24) is 0 Å². The van der Waals surface area contributed by atoms with Gasteiger partial charge in [-0.1, -0.05) is 12.1 Å². The fourth-order valence-corrected chi connectivity index (χ4v) is 3.38. The quantitative estimate of drug-likeness (QED) is 0.614. The summed E-state index contributed by atoms with van der Waals surface area (Å²) in [5.41, 5.74) is 2.03. The molecule has 154 valence electrons. The normalized spacial score (nSPS) is 12.9. The van der Waals surface area contributed by atoms with Gasteiger partial charge in [0.15, 0.2) is 23.0 Å². The topological polar surface area (TPSA) is 77.4 Å². The first-order valence-electron chi connectivity index (χ1n) is 9.23. The lowest BCUT2D eigenvalue weighted by atomic mass is 9.83. The van der Waals surface area contributed by atoms with Crippen LogP contribution in [-0.2, 0) is 12.8 Å². The summed E-state index contributed by atoms with van der Waals surface area (Å²) >= 11 is 0. The second kappa shape index (κ2) is 10.8. The van der Waals surface area contributed by atoms with Crippen LogP contribution in [0.1, 0.15) is 11.1 Å². The van der Waals surface area contributed by atoms with Crippen LogP contribution >= 0.6 is 0 Å². The standard InChI is InChI=1S/C22H30O6/c1-25-19-7-5-15(11-21(19)27-3)9-17(13-23)18(14-24)10-16-6-8-20(26-2)22(12-16)28-4/h5-8,11-12,17-18,23-24H,9-10,13-14H2,1-4H3/t17-,18-/m1/s1. The van der Waals surface area contributed by atoms with Crippen LogP contribution in [0.2, 0.25) is 0 Å². The lowest BCUT2D eigenvalue weighted by molar-refractivity contribution is 0.119. The lowest BCUT2D eigenvalue weighted by Crippen LogP contribution is -2.26. The first kappa shape index (κ1) is 21.9. The molecule has 0 spiro atoms. The van der Waals surface area contributed by atoms with E-state index >= 15 is 0 Å². The number of benzene rings is 2. The van der Waals surface area contributed by atoms with Gasteiger partial charge in [-0.15, -0.1) is 0 Å². The largest absolute Gasteiger partial charge is 0.493 e. The predicted octanol–water partition coefficient (Wildman–Crippen LogP) is 2.72. The van der Waals surface area contributed by atoms with E-state index in [4.69, 9.17) is 18.9 Å². The SMILES string of the molecule is COc1ccc(C[C@H](CO)[C@@H](CO)Cc2ccc(OC)c(OC)c2)cc1OC. The van der Waals surface area contributed by atoms with Gasteiger partial charge in [0.25, 0.3) is 0 Å². The summed E-state index contributed by atoms with van der Waals surface area (Å²) in [6.07, 6.45) is 1.24. The molecule has 0 aliphatic heterocycles. The summed E-state index contributed by atoms with van der Waals surface area (Å²) in [4.78, 5) is 0. The third-order valence-corrected chi connectivity index (χ3v) is 5.03. The molecule has 0 saturated carbocycles. The summed E-state index contributed by atoms with van der Waals surface area (Å²) in [6.45, 7) is -0.0419. The number of aliphatic hydroxyl groups is 2. The minimum atomic E-state index is -0.101. The number of aliphatic hydroxyl groups excluding tert-OH is 2. The smallest absolute Gasteiger partial charge is 0.160 e. The third-order valence-electron chi connectivity index (χ3n) is 5.03. The molecule has 0 saturated heterocycles. The maximum absolute atomic E-state index is 9.97. The molecule has 0 aliphatic carbocycles. The first-order chi connectivity index (χ1) is 13.6. The minimum absolute atomic E-state index is 0.0210. The molecule has 28 heavy (non-hydrogen) atoms.